The molecular weight excluding hydrogens is 824 g/mol. The fourth-order valence-corrected chi connectivity index (χ4v) is 12.1. The van der Waals surface area contributed by atoms with Crippen LogP contribution >= 0.6 is 7.82 Å². The Kier molecular flexibility index (Phi) is 21.2. The van der Waals surface area contributed by atoms with E-state index in [-0.39, 0.29) is 11.2 Å². The number of rotatable bonds is 28. The maximum absolute atomic E-state index is 13.9. The summed E-state index contributed by atoms with van der Waals surface area (Å²) in [5.41, 5.74) is 6.65. The second-order valence-electron chi connectivity index (χ2n) is 23.5. The van der Waals surface area contributed by atoms with Gasteiger partial charge in [0.25, 0.3) is 0 Å². The van der Waals surface area contributed by atoms with E-state index in [0.29, 0.717) is 11.5 Å². The van der Waals surface area contributed by atoms with Crippen LogP contribution in [0.1, 0.15) is 242 Å². The summed E-state index contributed by atoms with van der Waals surface area (Å²) in [5, 5.41) is 0. The van der Waals surface area contributed by atoms with E-state index in [1.165, 1.54) is 89.9 Å². The molecule has 2 aliphatic rings. The summed E-state index contributed by atoms with van der Waals surface area (Å²) in [6, 6.07) is 0. The van der Waals surface area contributed by atoms with Crippen LogP contribution in [0.3, 0.4) is 0 Å². The van der Waals surface area contributed by atoms with Gasteiger partial charge in [-0.2, -0.15) is 0 Å². The van der Waals surface area contributed by atoms with E-state index in [1.807, 2.05) is 41.5 Å². The van der Waals surface area contributed by atoms with Crippen LogP contribution in [0.2, 0.25) is 0 Å². The average Bonchev–Trinajstić information content (AvgIpc) is 3.22. The largest absolute Gasteiger partial charge is 0.736 e. The van der Waals surface area contributed by atoms with Gasteiger partial charge >= 0.3 is 7.82 Å². The van der Waals surface area contributed by atoms with Gasteiger partial charge in [0.1, 0.15) is 34.2 Å². The first-order valence-electron chi connectivity index (χ1n) is 26.8. The maximum Gasteiger partial charge on any atom is 0.372 e. The quantitative estimate of drug-likeness (QED) is 0.0792. The van der Waals surface area contributed by atoms with Crippen LogP contribution in [-0.4, -0.2) is 11.2 Å². The minimum absolute atomic E-state index is 0.245. The predicted molar refractivity (Wildman–Crippen MR) is 274 cm³/mol. The van der Waals surface area contributed by atoms with Gasteiger partial charge < -0.3 is 23.4 Å². The minimum Gasteiger partial charge on any atom is -0.736 e. The van der Waals surface area contributed by atoms with E-state index < -0.39 is 7.82 Å². The monoisotopic (exact) mass is 922 g/mol. The number of hydrogen-bond acceptors (Lipinski definition) is 6. The first kappa shape index (κ1) is 55.4. The fraction of sp³-hybridized carbons (Fsp3) is 0.793. The van der Waals surface area contributed by atoms with Crippen LogP contribution in [0.5, 0.6) is 23.0 Å². The Labute approximate surface area is 400 Å². The van der Waals surface area contributed by atoms with Gasteiger partial charge in [-0.05, 0) is 176 Å². The highest BCUT2D eigenvalue weighted by molar-refractivity contribution is 7.46. The Balaban J connectivity index is 1.32. The zero-order valence-corrected chi connectivity index (χ0v) is 45.8. The van der Waals surface area contributed by atoms with E-state index in [4.69, 9.17) is 18.5 Å². The molecule has 0 saturated heterocycles. The lowest BCUT2D eigenvalue weighted by Crippen LogP contribution is -2.37. The predicted octanol–water partition coefficient (Wildman–Crippen LogP) is 17.5. The molecule has 4 rings (SSSR count). The smallest absolute Gasteiger partial charge is 0.372 e. The fourth-order valence-electron chi connectivity index (χ4n) is 11.0. The minimum atomic E-state index is -4.83. The molecule has 0 N–H and O–H groups in total. The van der Waals surface area contributed by atoms with Crippen LogP contribution in [0, 0.1) is 77.0 Å². The topological polar surface area (TPSA) is 77.1 Å². The van der Waals surface area contributed by atoms with Crippen molar-refractivity contribution in [2.24, 2.45) is 35.5 Å². The molecule has 0 aromatic heterocycles. The van der Waals surface area contributed by atoms with Gasteiger partial charge in [-0.25, -0.2) is 4.57 Å². The molecule has 65 heavy (non-hydrogen) atoms. The molecule has 0 fully saturated rings. The third-order valence-electron chi connectivity index (χ3n) is 16.1. The van der Waals surface area contributed by atoms with Gasteiger partial charge in [-0.3, -0.25) is 0 Å². The van der Waals surface area contributed by atoms with Crippen molar-refractivity contribution in [2.75, 3.05) is 0 Å². The lowest BCUT2D eigenvalue weighted by molar-refractivity contribution is -0.208. The molecule has 0 bridgehead atoms. The molecule has 0 spiro atoms. The van der Waals surface area contributed by atoms with E-state index in [9.17, 15) is 9.46 Å². The van der Waals surface area contributed by atoms with Crippen LogP contribution in [0.25, 0.3) is 0 Å². The van der Waals surface area contributed by atoms with Crippen LogP contribution in [0.15, 0.2) is 0 Å². The molecule has 6 nitrogen and oxygen atoms in total. The number of hydrogen-bond donors (Lipinski definition) is 0. The summed E-state index contributed by atoms with van der Waals surface area (Å²) in [7, 11) is -4.83. The van der Waals surface area contributed by atoms with Crippen molar-refractivity contribution in [1.82, 2.24) is 0 Å². The van der Waals surface area contributed by atoms with E-state index in [0.717, 1.165) is 143 Å². The average molecular weight is 922 g/mol. The van der Waals surface area contributed by atoms with Crippen molar-refractivity contribution in [3.05, 3.63) is 44.5 Å². The SMILES string of the molecule is Cc1c(C)c2c(c(C)c1OP(=O)([O-])Oc1c(C)c(C)c3c(c1C)CCC(C)(CCCC(C)CCCC(C)CCCC(C)C)O3)CCC(C)(CCCC(C)CCCC(C)CCCC(C)C)O2. The normalized spacial score (nSPS) is 21.2. The molecule has 0 amide bonds. The summed E-state index contributed by atoms with van der Waals surface area (Å²) < 4.78 is 39.6. The van der Waals surface area contributed by atoms with E-state index >= 15 is 0 Å². The van der Waals surface area contributed by atoms with E-state index in [2.05, 4.69) is 69.2 Å². The highest BCUT2D eigenvalue weighted by Crippen LogP contribution is 2.52. The molecule has 2 aliphatic heterocycles. The molecule has 7 heteroatoms. The zero-order valence-electron chi connectivity index (χ0n) is 44.9. The summed E-state index contributed by atoms with van der Waals surface area (Å²) in [4.78, 5) is 13.9. The van der Waals surface area contributed by atoms with Crippen LogP contribution < -0.4 is 23.4 Å². The number of ether oxygens (including phenoxy) is 2. The van der Waals surface area contributed by atoms with Crippen LogP contribution in [-0.2, 0) is 17.4 Å². The molecule has 2 aromatic carbocycles. The summed E-state index contributed by atoms with van der Waals surface area (Å²) in [6.07, 6.45) is 26.3. The Bertz CT molecular complexity index is 1740. The molecule has 372 valence electrons. The number of phosphoric acid groups is 1. The molecule has 2 heterocycles. The molecule has 0 saturated carbocycles. The van der Waals surface area contributed by atoms with Crippen molar-refractivity contribution in [3.8, 4) is 23.0 Å². The Morgan fingerprint density at radius 3 is 1.08 bits per heavy atom. The second kappa shape index (κ2) is 24.9. The van der Waals surface area contributed by atoms with Crippen molar-refractivity contribution in [1.29, 1.82) is 0 Å². The van der Waals surface area contributed by atoms with Crippen molar-refractivity contribution < 1.29 is 28.0 Å². The van der Waals surface area contributed by atoms with Crippen molar-refractivity contribution in [3.63, 3.8) is 0 Å². The summed E-state index contributed by atoms with van der Waals surface area (Å²) in [6.45, 7) is 35.4. The third-order valence-corrected chi connectivity index (χ3v) is 16.9. The molecular formula is C58H98O6P-. The van der Waals surface area contributed by atoms with Crippen molar-refractivity contribution >= 4 is 7.82 Å². The Morgan fingerprint density at radius 2 is 0.769 bits per heavy atom. The first-order valence-corrected chi connectivity index (χ1v) is 28.2. The van der Waals surface area contributed by atoms with Gasteiger partial charge in [0.05, 0.1) is 0 Å². The standard InChI is InChI=1S/C58H99O6P/c1-39(2)23-17-25-41(5)27-19-29-43(7)31-21-35-57(15)37-33-51-49(13)53(45(9)47(11)55(51)61-57)63-65(59,60)64-54-46(10)48(12)56-52(50(54)14)34-38-58(16,62-56)36-22-32-44(8)30-20-28-42(6)26-18-24-40(3)4/h39-44H,17-38H2,1-16H3,(H,59,60)/p-1. The lowest BCUT2D eigenvalue weighted by atomic mass is 9.84. The van der Waals surface area contributed by atoms with Crippen LogP contribution in [0.4, 0.5) is 0 Å². The molecule has 0 aliphatic carbocycles. The number of benzene rings is 2. The summed E-state index contributed by atoms with van der Waals surface area (Å²) in [5.74, 6) is 7.24. The number of fused-ring (bicyclic) bond motifs is 2. The highest BCUT2D eigenvalue weighted by atomic mass is 31.2. The molecule has 6 atom stereocenters. The molecule has 6 unspecified atom stereocenters. The van der Waals surface area contributed by atoms with Gasteiger partial charge in [0.2, 0.25) is 0 Å². The zero-order chi connectivity index (χ0) is 48.3. The first-order chi connectivity index (χ1) is 30.4. The summed E-state index contributed by atoms with van der Waals surface area (Å²) >= 11 is 0. The van der Waals surface area contributed by atoms with E-state index in [1.54, 1.807) is 0 Å². The second-order valence-corrected chi connectivity index (χ2v) is 24.7. The van der Waals surface area contributed by atoms with Crippen molar-refractivity contribution in [2.45, 2.75) is 263 Å². The van der Waals surface area contributed by atoms with Gasteiger partial charge in [-0.15, -0.1) is 0 Å². The Morgan fingerprint density at radius 1 is 0.477 bits per heavy atom. The maximum atomic E-state index is 13.9. The number of phosphoric ester groups is 1. The van der Waals surface area contributed by atoms with Gasteiger partial charge in [-0.1, -0.05) is 145 Å². The molecule has 0 radical (unpaired) electrons. The molecule has 2 aromatic rings. The third kappa shape index (κ3) is 16.5. The lowest BCUT2D eigenvalue weighted by Gasteiger charge is -2.39. The van der Waals surface area contributed by atoms with Gasteiger partial charge in [0.15, 0.2) is 0 Å². The van der Waals surface area contributed by atoms with Gasteiger partial charge in [0, 0.05) is 11.1 Å². The highest BCUT2D eigenvalue weighted by Gasteiger charge is 2.37. The Hall–Kier alpha value is -2.17.